The van der Waals surface area contributed by atoms with E-state index >= 15 is 0 Å². The Morgan fingerprint density at radius 3 is 1.81 bits per heavy atom. The van der Waals surface area contributed by atoms with E-state index in [9.17, 15) is 0 Å². The van der Waals surface area contributed by atoms with Crippen molar-refractivity contribution in [3.63, 3.8) is 0 Å². The Morgan fingerprint density at radius 2 is 1.33 bits per heavy atom. The van der Waals surface area contributed by atoms with Gasteiger partial charge in [0.1, 0.15) is 0 Å². The van der Waals surface area contributed by atoms with Crippen molar-refractivity contribution >= 4 is 5.97 Å². The molecule has 1 aliphatic heterocycles. The minimum absolute atomic E-state index is 0.972. The van der Waals surface area contributed by atoms with Crippen molar-refractivity contribution in [1.29, 1.82) is 0 Å². The van der Waals surface area contributed by atoms with Crippen molar-refractivity contribution in [3.05, 3.63) is 0 Å². The molecular weight excluding hydrogens is 262 g/mol. The van der Waals surface area contributed by atoms with Gasteiger partial charge in [0, 0.05) is 18.8 Å². The van der Waals surface area contributed by atoms with E-state index in [4.69, 9.17) is 9.90 Å². The molecule has 0 unspecified atom stereocenters. The Bertz CT molecular complexity index is 244. The summed E-state index contributed by atoms with van der Waals surface area (Å²) in [5.74, 6) is -1.08. The quantitative estimate of drug-likeness (QED) is 0.457. The van der Waals surface area contributed by atoms with Crippen molar-refractivity contribution in [2.45, 2.75) is 85.0 Å². The fraction of sp³-hybridized carbons (Fsp3) is 0.944. The van der Waals surface area contributed by atoms with Gasteiger partial charge >= 0.3 is 0 Å². The highest BCUT2D eigenvalue weighted by Crippen LogP contribution is 2.21. The van der Waals surface area contributed by atoms with E-state index in [0.717, 1.165) is 6.92 Å². The summed E-state index contributed by atoms with van der Waals surface area (Å²) in [5, 5.41) is 8.89. The van der Waals surface area contributed by atoms with Crippen LogP contribution in [0.3, 0.4) is 0 Å². The van der Waals surface area contributed by atoms with Crippen LogP contribution in [0.2, 0.25) is 0 Å². The summed E-state index contributed by atoms with van der Waals surface area (Å²) < 4.78 is 1.46. The van der Waals surface area contributed by atoms with Gasteiger partial charge in [0.25, 0.3) is 0 Å². The van der Waals surface area contributed by atoms with Gasteiger partial charge in [-0.05, 0) is 26.2 Å². The van der Waals surface area contributed by atoms with Crippen LogP contribution in [0.15, 0.2) is 0 Å². The van der Waals surface area contributed by atoms with E-state index in [1.165, 1.54) is 94.9 Å². The zero-order valence-electron chi connectivity index (χ0n) is 14.7. The molecule has 1 rings (SSSR count). The molecule has 21 heavy (non-hydrogen) atoms. The summed E-state index contributed by atoms with van der Waals surface area (Å²) >= 11 is 0. The van der Waals surface area contributed by atoms with E-state index in [1.807, 2.05) is 0 Å². The maximum atomic E-state index is 8.89. The van der Waals surface area contributed by atoms with Gasteiger partial charge < -0.3 is 14.4 Å². The number of nitrogens with zero attached hydrogens (tertiary/aromatic N) is 1. The number of unbranched alkanes of at least 4 members (excludes halogenated alkanes) is 6. The molecule has 0 N–H and O–H groups in total. The molecule has 0 aromatic carbocycles. The molecule has 0 atom stereocenters. The predicted octanol–water partition coefficient (Wildman–Crippen LogP) is 3.51. The number of carbonyl (C=O) groups is 1. The Balaban J connectivity index is 0.000000885. The maximum Gasteiger partial charge on any atom is 0.0788 e. The molecule has 0 saturated carbocycles. The van der Waals surface area contributed by atoms with Gasteiger partial charge in [-0.2, -0.15) is 0 Å². The summed E-state index contributed by atoms with van der Waals surface area (Å²) in [4.78, 5) is 8.89. The van der Waals surface area contributed by atoms with Gasteiger partial charge in [0.2, 0.25) is 0 Å². The Hall–Kier alpha value is -0.570. The summed E-state index contributed by atoms with van der Waals surface area (Å²) in [7, 11) is 0. The molecule has 3 nitrogen and oxygen atoms in total. The first-order valence-corrected chi connectivity index (χ1v) is 9.09. The van der Waals surface area contributed by atoms with Crippen LogP contribution < -0.4 is 5.11 Å². The lowest BCUT2D eigenvalue weighted by Crippen LogP contribution is -2.46. The second-order valence-corrected chi connectivity index (χ2v) is 6.56. The highest BCUT2D eigenvalue weighted by molar-refractivity contribution is 5.60. The van der Waals surface area contributed by atoms with Gasteiger partial charge in [-0.3, -0.25) is 0 Å². The number of carbonyl (C=O) groups excluding carboxylic acids is 1. The molecule has 126 valence electrons. The number of hydrogen-bond acceptors (Lipinski definition) is 2. The molecule has 0 aliphatic carbocycles. The lowest BCUT2D eigenvalue weighted by atomic mass is 10.1. The molecule has 0 radical (unpaired) electrons. The lowest BCUT2D eigenvalue weighted by Gasteiger charge is -2.34. The average Bonchev–Trinajstić information content (AvgIpc) is 2.86. The van der Waals surface area contributed by atoms with Gasteiger partial charge in [-0.15, -0.1) is 0 Å². The Labute approximate surface area is 132 Å². The van der Waals surface area contributed by atoms with Crippen LogP contribution in [0.5, 0.6) is 0 Å². The minimum atomic E-state index is -1.08. The van der Waals surface area contributed by atoms with Crippen LogP contribution in [-0.2, 0) is 4.79 Å². The monoisotopic (exact) mass is 299 g/mol. The third-order valence-electron chi connectivity index (χ3n) is 4.45. The minimum Gasteiger partial charge on any atom is -0.550 e. The molecule has 1 saturated heterocycles. The number of rotatable bonds is 10. The fourth-order valence-corrected chi connectivity index (χ4v) is 3.44. The van der Waals surface area contributed by atoms with Gasteiger partial charge in [0.05, 0.1) is 26.2 Å². The second kappa shape index (κ2) is 13.1. The van der Waals surface area contributed by atoms with Crippen molar-refractivity contribution in [2.75, 3.05) is 26.2 Å². The van der Waals surface area contributed by atoms with Gasteiger partial charge in [0.15, 0.2) is 0 Å². The maximum absolute atomic E-state index is 8.89. The van der Waals surface area contributed by atoms with Crippen LogP contribution in [-0.4, -0.2) is 36.6 Å². The molecular formula is C18H37NO2. The average molecular weight is 299 g/mol. The van der Waals surface area contributed by atoms with Crippen LogP contribution in [0.1, 0.15) is 85.0 Å². The number of carboxylic acids is 1. The highest BCUT2D eigenvalue weighted by atomic mass is 16.4. The molecule has 0 bridgehead atoms. The normalized spacial score (nSPS) is 16.3. The summed E-state index contributed by atoms with van der Waals surface area (Å²) in [5.41, 5.74) is 0. The van der Waals surface area contributed by atoms with Crippen LogP contribution in [0, 0.1) is 0 Å². The Kier molecular flexibility index (Phi) is 12.8. The summed E-state index contributed by atoms with van der Waals surface area (Å²) in [6, 6.07) is 0. The SMILES string of the molecule is CC(=O)[O-].CCCCCCCCC[N+]1(CCC)CCCC1. The highest BCUT2D eigenvalue weighted by Gasteiger charge is 2.29. The summed E-state index contributed by atoms with van der Waals surface area (Å²) in [6.07, 6.45) is 14.5. The second-order valence-electron chi connectivity index (χ2n) is 6.56. The fourth-order valence-electron chi connectivity index (χ4n) is 3.44. The number of hydrogen-bond donors (Lipinski definition) is 0. The lowest BCUT2D eigenvalue weighted by molar-refractivity contribution is -0.917. The van der Waals surface area contributed by atoms with Crippen LogP contribution in [0.4, 0.5) is 0 Å². The van der Waals surface area contributed by atoms with Crippen LogP contribution in [0.25, 0.3) is 0 Å². The van der Waals surface area contributed by atoms with E-state index in [2.05, 4.69) is 13.8 Å². The predicted molar refractivity (Wildman–Crippen MR) is 87.9 cm³/mol. The van der Waals surface area contributed by atoms with Crippen molar-refractivity contribution in [3.8, 4) is 0 Å². The van der Waals surface area contributed by atoms with Gasteiger partial charge in [-0.1, -0.05) is 46.0 Å². The largest absolute Gasteiger partial charge is 0.550 e. The Morgan fingerprint density at radius 1 is 0.857 bits per heavy atom. The summed E-state index contributed by atoms with van der Waals surface area (Å²) in [6.45, 7) is 11.5. The molecule has 0 spiro atoms. The standard InChI is InChI=1S/C16H34N.C2H4O2/c1-3-5-6-7-8-9-10-14-17(13-4-2)15-11-12-16-17;1-2(3)4/h3-16H2,1-2H3;1H3,(H,3,4)/q+1;/p-1. The third-order valence-corrected chi connectivity index (χ3v) is 4.45. The first-order chi connectivity index (χ1) is 10.1. The van der Waals surface area contributed by atoms with E-state index in [-0.39, 0.29) is 0 Å². The zero-order valence-corrected chi connectivity index (χ0v) is 14.7. The molecule has 3 heteroatoms. The third kappa shape index (κ3) is 11.7. The first-order valence-electron chi connectivity index (χ1n) is 9.09. The number of aliphatic carboxylic acids is 1. The van der Waals surface area contributed by atoms with Crippen LogP contribution >= 0.6 is 0 Å². The first kappa shape index (κ1) is 20.4. The van der Waals surface area contributed by atoms with E-state index in [0.29, 0.717) is 0 Å². The van der Waals surface area contributed by atoms with Gasteiger partial charge in [-0.25, -0.2) is 0 Å². The number of quaternary nitrogens is 1. The van der Waals surface area contributed by atoms with Crippen molar-refractivity contribution in [2.24, 2.45) is 0 Å². The van der Waals surface area contributed by atoms with Crippen molar-refractivity contribution < 1.29 is 14.4 Å². The van der Waals surface area contributed by atoms with E-state index < -0.39 is 5.97 Å². The molecule has 1 heterocycles. The number of likely N-dealkylation sites (tertiary alicyclic amines) is 1. The number of carboxylic acid groups (broad SMARTS) is 1. The zero-order chi connectivity index (χ0) is 16.0. The molecule has 1 aliphatic rings. The molecule has 0 aromatic heterocycles. The molecule has 0 amide bonds. The topological polar surface area (TPSA) is 40.1 Å². The molecule has 1 fully saturated rings. The van der Waals surface area contributed by atoms with E-state index in [1.54, 1.807) is 0 Å². The van der Waals surface area contributed by atoms with Crippen molar-refractivity contribution in [1.82, 2.24) is 0 Å². The smallest absolute Gasteiger partial charge is 0.0788 e. The molecule has 0 aromatic rings.